The number of benzene rings is 1. The molecule has 0 saturated heterocycles. The molecule has 0 bridgehead atoms. The van der Waals surface area contributed by atoms with Crippen molar-refractivity contribution in [3.8, 4) is 0 Å². The summed E-state index contributed by atoms with van der Waals surface area (Å²) in [6, 6.07) is 5.07. The van der Waals surface area contributed by atoms with Crippen LogP contribution in [0.4, 0.5) is 0 Å². The predicted octanol–water partition coefficient (Wildman–Crippen LogP) is 4.05. The van der Waals surface area contributed by atoms with Gasteiger partial charge in [-0.15, -0.1) is 0 Å². The van der Waals surface area contributed by atoms with Crippen molar-refractivity contribution in [1.29, 1.82) is 0 Å². The molecule has 0 aliphatic heterocycles. The Morgan fingerprint density at radius 3 is 2.44 bits per heavy atom. The third-order valence-corrected chi connectivity index (χ3v) is 5.89. The molecule has 0 saturated carbocycles. The van der Waals surface area contributed by atoms with E-state index < -0.39 is 15.6 Å². The second kappa shape index (κ2) is 6.35. The Bertz CT molecular complexity index is 529. The Morgan fingerprint density at radius 1 is 1.28 bits per heavy atom. The summed E-state index contributed by atoms with van der Waals surface area (Å²) >= 11 is 9.87. The summed E-state index contributed by atoms with van der Waals surface area (Å²) in [5, 5.41) is 0.738. The minimum Gasteiger partial charge on any atom is -0.207 e. The molecule has 0 aromatic heterocycles. The molecule has 0 aliphatic carbocycles. The molecule has 1 rings (SSSR count). The Hall–Kier alpha value is 0.570. The van der Waals surface area contributed by atoms with E-state index in [0.29, 0.717) is 10.9 Å². The highest BCUT2D eigenvalue weighted by molar-refractivity contribution is 9.11. The summed E-state index contributed by atoms with van der Waals surface area (Å²) in [6.07, 6.45) is 0.706. The van der Waals surface area contributed by atoms with E-state index in [2.05, 4.69) is 52.5 Å². The van der Waals surface area contributed by atoms with Gasteiger partial charge in [-0.3, -0.25) is 0 Å². The Morgan fingerprint density at radius 2 is 1.89 bits per heavy atom. The maximum atomic E-state index is 12.3. The van der Waals surface area contributed by atoms with Crippen molar-refractivity contribution in [1.82, 2.24) is 4.72 Å². The van der Waals surface area contributed by atoms with Gasteiger partial charge in [-0.2, -0.15) is 0 Å². The fraction of sp³-hybridized carbons (Fsp3) is 0.455. The lowest BCUT2D eigenvalue weighted by Gasteiger charge is -2.25. The van der Waals surface area contributed by atoms with Crippen molar-refractivity contribution in [2.45, 2.75) is 30.7 Å². The number of hydrogen-bond acceptors (Lipinski definition) is 2. The van der Waals surface area contributed by atoms with Gasteiger partial charge >= 0.3 is 0 Å². The molecule has 1 aromatic rings. The molecule has 0 amide bonds. The van der Waals surface area contributed by atoms with Gasteiger partial charge in [0.05, 0.1) is 4.90 Å². The van der Waals surface area contributed by atoms with Gasteiger partial charge < -0.3 is 0 Å². The van der Waals surface area contributed by atoms with Crippen molar-refractivity contribution in [2.75, 3.05) is 5.33 Å². The van der Waals surface area contributed by atoms with Gasteiger partial charge in [0.2, 0.25) is 10.0 Å². The summed E-state index contributed by atoms with van der Waals surface area (Å²) in [4.78, 5) is 0.236. The fourth-order valence-electron chi connectivity index (χ4n) is 1.39. The second-order valence-corrected chi connectivity index (χ2v) is 8.72. The minimum absolute atomic E-state index is 0.236. The second-order valence-electron chi connectivity index (χ2n) is 4.50. The normalized spacial score (nSPS) is 12.7. The summed E-state index contributed by atoms with van der Waals surface area (Å²) in [5.74, 6) is 0. The van der Waals surface area contributed by atoms with E-state index in [1.165, 1.54) is 0 Å². The SMILES string of the molecule is CC(C)(CCBr)NS(=O)(=O)c1cc(Br)ccc1Br. The van der Waals surface area contributed by atoms with Crippen molar-refractivity contribution in [3.63, 3.8) is 0 Å². The molecule has 0 unspecified atom stereocenters. The van der Waals surface area contributed by atoms with E-state index in [9.17, 15) is 8.42 Å². The van der Waals surface area contributed by atoms with Gasteiger partial charge in [0.25, 0.3) is 0 Å². The number of alkyl halides is 1. The molecule has 0 aliphatic rings. The van der Waals surface area contributed by atoms with Gasteiger partial charge in [0, 0.05) is 19.8 Å². The summed E-state index contributed by atoms with van der Waals surface area (Å²) in [6.45, 7) is 3.72. The standard InChI is InChI=1S/C11H14Br3NO2S/c1-11(2,5-6-12)15-18(16,17)10-7-8(13)3-4-9(10)14/h3-4,7,15H,5-6H2,1-2H3. The quantitative estimate of drug-likeness (QED) is 0.669. The maximum absolute atomic E-state index is 12.3. The molecule has 0 atom stereocenters. The summed E-state index contributed by atoms with van der Waals surface area (Å²) in [5.41, 5.74) is -0.496. The first-order valence-electron chi connectivity index (χ1n) is 5.23. The molecule has 0 fully saturated rings. The minimum atomic E-state index is -3.54. The largest absolute Gasteiger partial charge is 0.242 e. The van der Waals surface area contributed by atoms with Crippen LogP contribution in [0.15, 0.2) is 32.0 Å². The van der Waals surface area contributed by atoms with Gasteiger partial charge in [-0.1, -0.05) is 31.9 Å². The molecule has 0 heterocycles. The first-order chi connectivity index (χ1) is 8.18. The van der Waals surface area contributed by atoms with Crippen LogP contribution < -0.4 is 4.72 Å². The number of sulfonamides is 1. The zero-order chi connectivity index (χ0) is 14.0. The average Bonchev–Trinajstić information content (AvgIpc) is 2.19. The molecular formula is C11H14Br3NO2S. The highest BCUT2D eigenvalue weighted by Crippen LogP contribution is 2.27. The number of halogens is 3. The molecule has 3 nitrogen and oxygen atoms in total. The van der Waals surface area contributed by atoms with Crippen molar-refractivity contribution in [2.24, 2.45) is 0 Å². The highest BCUT2D eigenvalue weighted by atomic mass is 79.9. The molecule has 0 radical (unpaired) electrons. The fourth-order valence-corrected chi connectivity index (χ4v) is 5.33. The van der Waals surface area contributed by atoms with Crippen LogP contribution >= 0.6 is 47.8 Å². The monoisotopic (exact) mass is 461 g/mol. The molecular weight excluding hydrogens is 450 g/mol. The lowest BCUT2D eigenvalue weighted by atomic mass is 10.0. The average molecular weight is 464 g/mol. The summed E-state index contributed by atoms with van der Waals surface area (Å²) in [7, 11) is -3.54. The number of hydrogen-bond donors (Lipinski definition) is 1. The summed E-state index contributed by atoms with van der Waals surface area (Å²) < 4.78 is 28.6. The van der Waals surface area contributed by atoms with Crippen molar-refractivity contribution >= 4 is 57.8 Å². The molecule has 1 aromatic carbocycles. The van der Waals surface area contributed by atoms with Crippen LogP contribution in [0.1, 0.15) is 20.3 Å². The first-order valence-corrected chi connectivity index (χ1v) is 9.42. The third-order valence-electron chi connectivity index (χ3n) is 2.31. The molecule has 18 heavy (non-hydrogen) atoms. The first kappa shape index (κ1) is 16.6. The van der Waals surface area contributed by atoms with Gasteiger partial charge in [0.15, 0.2) is 0 Å². The zero-order valence-electron chi connectivity index (χ0n) is 10.0. The zero-order valence-corrected chi connectivity index (χ0v) is 15.6. The molecule has 1 N–H and O–H groups in total. The smallest absolute Gasteiger partial charge is 0.207 e. The van der Waals surface area contributed by atoms with E-state index in [4.69, 9.17) is 0 Å². The third kappa shape index (κ3) is 4.59. The van der Waals surface area contributed by atoms with Crippen LogP contribution in [0.5, 0.6) is 0 Å². The molecule has 7 heteroatoms. The van der Waals surface area contributed by atoms with E-state index in [1.807, 2.05) is 13.8 Å². The van der Waals surface area contributed by atoms with E-state index >= 15 is 0 Å². The van der Waals surface area contributed by atoms with E-state index in [1.54, 1.807) is 18.2 Å². The Labute approximate surface area is 133 Å². The number of rotatable bonds is 5. The predicted molar refractivity (Wildman–Crippen MR) is 84.7 cm³/mol. The Balaban J connectivity index is 3.11. The van der Waals surface area contributed by atoms with Gasteiger partial charge in [-0.25, -0.2) is 13.1 Å². The van der Waals surface area contributed by atoms with Crippen LogP contribution in [0.25, 0.3) is 0 Å². The van der Waals surface area contributed by atoms with Crippen LogP contribution in [0.2, 0.25) is 0 Å². The van der Waals surface area contributed by atoms with Crippen LogP contribution in [-0.2, 0) is 10.0 Å². The van der Waals surface area contributed by atoms with E-state index in [-0.39, 0.29) is 4.90 Å². The topological polar surface area (TPSA) is 46.2 Å². The van der Waals surface area contributed by atoms with Gasteiger partial charge in [-0.05, 0) is 54.4 Å². The van der Waals surface area contributed by atoms with Crippen molar-refractivity contribution in [3.05, 3.63) is 27.1 Å². The molecule has 0 spiro atoms. The lowest BCUT2D eigenvalue weighted by molar-refractivity contribution is 0.443. The van der Waals surface area contributed by atoms with Crippen LogP contribution in [0, 0.1) is 0 Å². The lowest BCUT2D eigenvalue weighted by Crippen LogP contribution is -2.43. The van der Waals surface area contributed by atoms with Gasteiger partial charge in [0.1, 0.15) is 0 Å². The maximum Gasteiger partial charge on any atom is 0.242 e. The molecule has 102 valence electrons. The number of nitrogens with one attached hydrogen (secondary N) is 1. The van der Waals surface area contributed by atoms with Crippen LogP contribution in [-0.4, -0.2) is 19.3 Å². The van der Waals surface area contributed by atoms with Crippen LogP contribution in [0.3, 0.4) is 0 Å². The van der Waals surface area contributed by atoms with Crippen molar-refractivity contribution < 1.29 is 8.42 Å². The Kier molecular flexibility index (Phi) is 5.86. The van der Waals surface area contributed by atoms with E-state index in [0.717, 1.165) is 9.80 Å². The highest BCUT2D eigenvalue weighted by Gasteiger charge is 2.27.